The zero-order valence-corrected chi connectivity index (χ0v) is 15.9. The molecule has 2 aromatic rings. The molecule has 152 valence electrons. The summed E-state index contributed by atoms with van der Waals surface area (Å²) in [5.74, 6) is -4.20. The van der Waals surface area contributed by atoms with Crippen molar-refractivity contribution in [2.45, 2.75) is 39.7 Å². The Labute approximate surface area is 158 Å². The van der Waals surface area contributed by atoms with Crippen LogP contribution in [0.3, 0.4) is 0 Å². The summed E-state index contributed by atoms with van der Waals surface area (Å²) in [4.78, 5) is 39.8. The fourth-order valence-corrected chi connectivity index (χ4v) is 2.34. The van der Waals surface area contributed by atoms with Gasteiger partial charge in [0.05, 0.1) is 19.1 Å². The Morgan fingerprint density at radius 2 is 1.89 bits per heavy atom. The van der Waals surface area contributed by atoms with Crippen LogP contribution < -0.4 is 15.9 Å². The number of carbonyl (C=O) groups excluding carboxylic acids is 2. The number of carbonyl (C=O) groups is 2. The van der Waals surface area contributed by atoms with Gasteiger partial charge in [0.15, 0.2) is 11.4 Å². The zero-order valence-electron chi connectivity index (χ0n) is 15.9. The largest absolute Gasteiger partial charge is 0.469 e. The van der Waals surface area contributed by atoms with Crippen LogP contribution in [0.4, 0.5) is 13.6 Å². The van der Waals surface area contributed by atoms with Crippen molar-refractivity contribution in [3.63, 3.8) is 0 Å². The molecule has 0 aliphatic heterocycles. The van der Waals surface area contributed by atoms with Crippen LogP contribution in [0.5, 0.6) is 5.75 Å². The van der Waals surface area contributed by atoms with Crippen LogP contribution in [0.25, 0.3) is 11.0 Å². The molecule has 0 saturated carbocycles. The number of fused-ring (bicyclic) bond motifs is 1. The number of hydrogen-bond donors (Lipinski definition) is 1. The molecule has 0 atom stereocenters. The summed E-state index contributed by atoms with van der Waals surface area (Å²) in [6.07, 6.45) is -1.49. The number of nitrogens with one attached hydrogen (secondary N) is 1. The predicted octanol–water partition coefficient (Wildman–Crippen LogP) is 2.91. The minimum atomic E-state index is -1.34. The predicted molar refractivity (Wildman–Crippen MR) is 92.9 cm³/mol. The minimum absolute atomic E-state index is 0.0712. The van der Waals surface area contributed by atoms with Gasteiger partial charge in [-0.05, 0) is 39.3 Å². The quantitative estimate of drug-likeness (QED) is 0.479. The highest BCUT2D eigenvalue weighted by molar-refractivity contribution is 5.85. The molecule has 0 unspecified atom stereocenters. The van der Waals surface area contributed by atoms with Crippen molar-refractivity contribution in [3.05, 3.63) is 39.2 Å². The van der Waals surface area contributed by atoms with E-state index in [-0.39, 0.29) is 16.5 Å². The first-order valence-corrected chi connectivity index (χ1v) is 8.11. The minimum Gasteiger partial charge on any atom is -0.469 e. The molecule has 0 saturated heterocycles. The molecule has 1 heterocycles. The van der Waals surface area contributed by atoms with E-state index in [0.29, 0.717) is 0 Å². The highest BCUT2D eigenvalue weighted by Gasteiger charge is 2.24. The van der Waals surface area contributed by atoms with Gasteiger partial charge >= 0.3 is 17.7 Å². The lowest BCUT2D eigenvalue weighted by atomic mass is 10.0. The van der Waals surface area contributed by atoms with Gasteiger partial charge < -0.3 is 18.7 Å². The van der Waals surface area contributed by atoms with Crippen molar-refractivity contribution in [1.29, 1.82) is 0 Å². The molecule has 2 rings (SSSR count). The summed E-state index contributed by atoms with van der Waals surface area (Å²) in [6, 6.07) is 0.865. The fourth-order valence-electron chi connectivity index (χ4n) is 2.34. The molecule has 0 bridgehead atoms. The number of benzene rings is 1. The summed E-state index contributed by atoms with van der Waals surface area (Å²) in [6.45, 7) is 6.18. The molecule has 1 aromatic carbocycles. The first-order chi connectivity index (χ1) is 12.9. The third kappa shape index (κ3) is 4.56. The second-order valence-corrected chi connectivity index (χ2v) is 6.83. The van der Waals surface area contributed by atoms with Crippen LogP contribution in [-0.4, -0.2) is 24.8 Å². The fraction of sp³-hybridized carbons (Fsp3) is 0.389. The van der Waals surface area contributed by atoms with Gasteiger partial charge in [-0.1, -0.05) is 0 Å². The van der Waals surface area contributed by atoms with E-state index in [1.807, 2.05) is 0 Å². The van der Waals surface area contributed by atoms with Crippen molar-refractivity contribution in [1.82, 2.24) is 5.48 Å². The van der Waals surface area contributed by atoms with E-state index in [1.54, 1.807) is 26.3 Å². The topological polar surface area (TPSA) is 104 Å². The lowest BCUT2D eigenvalue weighted by Crippen LogP contribution is -2.34. The van der Waals surface area contributed by atoms with Crippen LogP contribution >= 0.6 is 0 Å². The molecule has 0 fully saturated rings. The van der Waals surface area contributed by atoms with Crippen LogP contribution in [0.2, 0.25) is 0 Å². The Morgan fingerprint density at radius 3 is 2.46 bits per heavy atom. The van der Waals surface area contributed by atoms with Crippen LogP contribution in [0.15, 0.2) is 15.3 Å². The number of ether oxygens (including phenoxy) is 2. The number of amides is 1. The van der Waals surface area contributed by atoms with Crippen LogP contribution in [0.1, 0.15) is 31.9 Å². The molecule has 0 radical (unpaired) electrons. The maximum Gasteiger partial charge on any atom is 0.441 e. The molecule has 0 aliphatic rings. The van der Waals surface area contributed by atoms with Gasteiger partial charge in [-0.2, -0.15) is 9.87 Å². The Morgan fingerprint density at radius 1 is 1.25 bits per heavy atom. The molecule has 1 amide bonds. The molecule has 0 spiro atoms. The van der Waals surface area contributed by atoms with E-state index in [1.165, 1.54) is 6.92 Å². The van der Waals surface area contributed by atoms with E-state index < -0.39 is 52.7 Å². The van der Waals surface area contributed by atoms with Gasteiger partial charge in [-0.15, -0.1) is 0 Å². The van der Waals surface area contributed by atoms with Crippen LogP contribution in [0, 0.1) is 18.6 Å². The Hall–Kier alpha value is -3.17. The maximum atomic E-state index is 14.7. The number of rotatable bonds is 4. The summed E-state index contributed by atoms with van der Waals surface area (Å²) in [5.41, 5.74) is -0.594. The van der Waals surface area contributed by atoms with Gasteiger partial charge in [0, 0.05) is 5.39 Å². The summed E-state index contributed by atoms with van der Waals surface area (Å²) < 4.78 is 43.3. The molecular weight excluding hydrogens is 380 g/mol. The van der Waals surface area contributed by atoms with Gasteiger partial charge in [0.25, 0.3) is 0 Å². The van der Waals surface area contributed by atoms with Crippen molar-refractivity contribution in [2.75, 3.05) is 7.11 Å². The summed E-state index contributed by atoms with van der Waals surface area (Å²) in [7, 11) is 1.14. The second-order valence-electron chi connectivity index (χ2n) is 6.83. The Balaban J connectivity index is 2.44. The van der Waals surface area contributed by atoms with Crippen molar-refractivity contribution in [2.24, 2.45) is 0 Å². The highest BCUT2D eigenvalue weighted by atomic mass is 19.1. The maximum absolute atomic E-state index is 14.7. The van der Waals surface area contributed by atoms with E-state index in [9.17, 15) is 23.2 Å². The monoisotopic (exact) mass is 399 g/mol. The van der Waals surface area contributed by atoms with Gasteiger partial charge in [-0.3, -0.25) is 4.79 Å². The molecule has 1 N–H and O–H groups in total. The van der Waals surface area contributed by atoms with Crippen molar-refractivity contribution in [3.8, 4) is 5.75 Å². The Kier molecular flexibility index (Phi) is 5.91. The van der Waals surface area contributed by atoms with E-state index in [0.717, 1.165) is 13.2 Å². The lowest BCUT2D eigenvalue weighted by Gasteiger charge is -2.19. The number of methoxy groups -OCH3 is 1. The third-order valence-corrected chi connectivity index (χ3v) is 3.61. The average Bonchev–Trinajstić information content (AvgIpc) is 2.58. The average molecular weight is 399 g/mol. The Bertz CT molecular complexity index is 992. The van der Waals surface area contributed by atoms with Gasteiger partial charge in [0.2, 0.25) is 11.6 Å². The smallest absolute Gasteiger partial charge is 0.441 e. The normalized spacial score (nSPS) is 11.2. The van der Waals surface area contributed by atoms with Crippen molar-refractivity contribution < 1.29 is 37.1 Å². The molecule has 8 nitrogen and oxygen atoms in total. The molecule has 28 heavy (non-hydrogen) atoms. The second kappa shape index (κ2) is 7.83. The first-order valence-electron chi connectivity index (χ1n) is 8.11. The first kappa shape index (κ1) is 21.1. The van der Waals surface area contributed by atoms with Crippen LogP contribution in [-0.2, 0) is 20.7 Å². The molecular formula is C18H19F2NO7. The summed E-state index contributed by atoms with van der Waals surface area (Å²) in [5, 5.41) is -0.0712. The van der Waals surface area contributed by atoms with E-state index in [2.05, 4.69) is 9.57 Å². The number of halogens is 2. The molecule has 10 heteroatoms. The molecule has 0 aliphatic carbocycles. The SMILES string of the molecule is COC(=O)Cc1c(C)c2cc(F)c(ONC(=O)OC(C)(C)C)c(F)c2oc1=O. The standard InChI is InChI=1S/C18H19F2NO7/c1-8-9-6-11(19)15(28-21-17(24)27-18(2,3)4)13(20)14(9)26-16(23)10(8)7-12(22)25-5/h6H,7H2,1-5H3,(H,21,24). The van der Waals surface area contributed by atoms with Crippen molar-refractivity contribution >= 4 is 23.0 Å². The van der Waals surface area contributed by atoms with Gasteiger partial charge in [-0.25, -0.2) is 14.0 Å². The number of esters is 1. The van der Waals surface area contributed by atoms with E-state index >= 15 is 0 Å². The van der Waals surface area contributed by atoms with E-state index in [4.69, 9.17) is 9.15 Å². The number of hydroxylamine groups is 1. The number of hydrogen-bond acceptors (Lipinski definition) is 7. The van der Waals surface area contributed by atoms with Gasteiger partial charge in [0.1, 0.15) is 5.60 Å². The highest BCUT2D eigenvalue weighted by Crippen LogP contribution is 2.31. The molecule has 1 aromatic heterocycles. The lowest BCUT2D eigenvalue weighted by molar-refractivity contribution is -0.139. The zero-order chi connectivity index (χ0) is 21.2. The summed E-state index contributed by atoms with van der Waals surface area (Å²) >= 11 is 0. The third-order valence-electron chi connectivity index (χ3n) is 3.61. The number of aryl methyl sites for hydroxylation is 1.